The second-order valence-corrected chi connectivity index (χ2v) is 11.3. The van der Waals surface area contributed by atoms with Gasteiger partial charge in [-0.2, -0.15) is 0 Å². The highest BCUT2D eigenvalue weighted by molar-refractivity contribution is 5.97. The van der Waals surface area contributed by atoms with Gasteiger partial charge in [0.15, 0.2) is 0 Å². The molecule has 0 saturated carbocycles. The molecule has 0 spiro atoms. The minimum atomic E-state index is 0.0939. The van der Waals surface area contributed by atoms with E-state index in [0.717, 1.165) is 6.42 Å². The molecule has 31 heavy (non-hydrogen) atoms. The Morgan fingerprint density at radius 1 is 0.742 bits per heavy atom. The van der Waals surface area contributed by atoms with Crippen molar-refractivity contribution in [1.29, 1.82) is 0 Å². The van der Waals surface area contributed by atoms with Crippen LogP contribution >= 0.6 is 0 Å². The maximum absolute atomic E-state index is 2.53. The summed E-state index contributed by atoms with van der Waals surface area (Å²) in [7, 11) is 0. The number of benzene rings is 3. The van der Waals surface area contributed by atoms with E-state index in [0.29, 0.717) is 0 Å². The number of hydrogen-bond acceptors (Lipinski definition) is 0. The molecule has 0 unspecified atom stereocenters. The molecule has 5 rings (SSSR count). The van der Waals surface area contributed by atoms with Crippen LogP contribution in [0.1, 0.15) is 69.4 Å². The third-order valence-corrected chi connectivity index (χ3v) is 6.78. The molecular formula is C30H33N. The molecule has 1 nitrogen and oxygen atoms in total. The summed E-state index contributed by atoms with van der Waals surface area (Å²) in [6.07, 6.45) is 1.02. The molecule has 158 valence electrons. The van der Waals surface area contributed by atoms with Crippen LogP contribution < -0.4 is 0 Å². The lowest BCUT2D eigenvalue weighted by atomic mass is 9.80. The molecule has 0 amide bonds. The van der Waals surface area contributed by atoms with Crippen LogP contribution in [0.15, 0.2) is 60.7 Å². The summed E-state index contributed by atoms with van der Waals surface area (Å²) >= 11 is 0. The van der Waals surface area contributed by atoms with E-state index in [1.807, 2.05) is 0 Å². The van der Waals surface area contributed by atoms with Crippen molar-refractivity contribution < 1.29 is 0 Å². The van der Waals surface area contributed by atoms with Crippen molar-refractivity contribution in [3.8, 4) is 16.9 Å². The fourth-order valence-electron chi connectivity index (χ4n) is 4.90. The van der Waals surface area contributed by atoms with E-state index in [1.165, 1.54) is 55.7 Å². The van der Waals surface area contributed by atoms with Crippen molar-refractivity contribution in [3.05, 3.63) is 88.5 Å². The summed E-state index contributed by atoms with van der Waals surface area (Å²) in [5, 5.41) is 1.39. The average molecular weight is 408 g/mol. The van der Waals surface area contributed by atoms with Crippen molar-refractivity contribution in [2.45, 2.75) is 65.7 Å². The van der Waals surface area contributed by atoms with Crippen LogP contribution in [0.3, 0.4) is 0 Å². The van der Waals surface area contributed by atoms with Gasteiger partial charge >= 0.3 is 0 Å². The topological polar surface area (TPSA) is 4.93 Å². The van der Waals surface area contributed by atoms with Gasteiger partial charge in [0.25, 0.3) is 0 Å². The van der Waals surface area contributed by atoms with Crippen LogP contribution in [0.5, 0.6) is 0 Å². The van der Waals surface area contributed by atoms with Crippen molar-refractivity contribution >= 4 is 10.9 Å². The van der Waals surface area contributed by atoms with E-state index in [1.54, 1.807) is 0 Å². The first-order chi connectivity index (χ1) is 14.5. The highest BCUT2D eigenvalue weighted by atomic mass is 15.0. The monoisotopic (exact) mass is 407 g/mol. The molecule has 0 radical (unpaired) electrons. The Kier molecular flexibility index (Phi) is 4.28. The van der Waals surface area contributed by atoms with E-state index >= 15 is 0 Å². The Bertz CT molecular complexity index is 1290. The summed E-state index contributed by atoms with van der Waals surface area (Å²) in [5.41, 5.74) is 12.6. The molecule has 1 heterocycles. The molecular weight excluding hydrogens is 374 g/mol. The van der Waals surface area contributed by atoms with E-state index in [2.05, 4.69) is 114 Å². The largest absolute Gasteiger partial charge is 0.309 e. The number of rotatable bonds is 1. The summed E-state index contributed by atoms with van der Waals surface area (Å²) in [5.74, 6) is 0. The first-order valence-corrected chi connectivity index (χ1v) is 11.4. The maximum atomic E-state index is 2.53. The van der Waals surface area contributed by atoms with Gasteiger partial charge in [0.2, 0.25) is 0 Å². The fraction of sp³-hybridized carbons (Fsp3) is 0.333. The second-order valence-electron chi connectivity index (χ2n) is 11.3. The summed E-state index contributed by atoms with van der Waals surface area (Å²) in [4.78, 5) is 0. The third kappa shape index (κ3) is 3.22. The quantitative estimate of drug-likeness (QED) is 0.264. The lowest BCUT2D eigenvalue weighted by Crippen LogP contribution is -2.17. The van der Waals surface area contributed by atoms with E-state index in [9.17, 15) is 0 Å². The summed E-state index contributed by atoms with van der Waals surface area (Å²) in [6.45, 7) is 16.1. The van der Waals surface area contributed by atoms with Gasteiger partial charge in [-0.3, -0.25) is 0 Å². The predicted molar refractivity (Wildman–Crippen MR) is 134 cm³/mol. The molecule has 4 aromatic rings. The Hall–Kier alpha value is -2.80. The van der Waals surface area contributed by atoms with Gasteiger partial charge in [0.1, 0.15) is 0 Å². The Labute approximate surface area is 186 Å². The van der Waals surface area contributed by atoms with Crippen LogP contribution in [-0.2, 0) is 17.3 Å². The molecule has 1 heteroatoms. The standard InChI is InChI=1S/C30H33N/c1-19-12-13-27-25(14-19)26-15-20-10-8-9-11-24(20)28(26)31(27)23-17-21(29(2,3)4)16-22(18-23)30(5,6)7/h8-14,16-18H,15H2,1-7H3. The molecule has 0 N–H and O–H groups in total. The minimum absolute atomic E-state index is 0.0939. The first-order valence-electron chi connectivity index (χ1n) is 11.4. The second kappa shape index (κ2) is 6.60. The van der Waals surface area contributed by atoms with Crippen molar-refractivity contribution in [1.82, 2.24) is 4.57 Å². The van der Waals surface area contributed by atoms with Gasteiger partial charge in [-0.1, -0.05) is 83.5 Å². The smallest absolute Gasteiger partial charge is 0.0579 e. The van der Waals surface area contributed by atoms with Gasteiger partial charge in [0.05, 0.1) is 11.2 Å². The number of fused-ring (bicyclic) bond motifs is 5. The molecule has 0 aliphatic heterocycles. The molecule has 1 aromatic heterocycles. The molecule has 0 saturated heterocycles. The highest BCUT2D eigenvalue weighted by Crippen LogP contribution is 2.45. The number of aromatic nitrogens is 1. The lowest BCUT2D eigenvalue weighted by Gasteiger charge is -2.27. The van der Waals surface area contributed by atoms with Gasteiger partial charge in [-0.05, 0) is 64.3 Å². The maximum Gasteiger partial charge on any atom is 0.0579 e. The molecule has 0 atom stereocenters. The van der Waals surface area contributed by atoms with Gasteiger partial charge in [-0.15, -0.1) is 0 Å². The van der Waals surface area contributed by atoms with Gasteiger partial charge in [-0.25, -0.2) is 0 Å². The molecule has 1 aliphatic rings. The Morgan fingerprint density at radius 2 is 1.39 bits per heavy atom. The normalized spacial score (nSPS) is 13.5. The molecule has 3 aromatic carbocycles. The summed E-state index contributed by atoms with van der Waals surface area (Å²) in [6, 6.07) is 23.1. The Balaban J connectivity index is 1.89. The highest BCUT2D eigenvalue weighted by Gasteiger charge is 2.28. The molecule has 0 bridgehead atoms. The zero-order valence-electron chi connectivity index (χ0n) is 19.9. The zero-order chi connectivity index (χ0) is 22.1. The van der Waals surface area contributed by atoms with E-state index < -0.39 is 0 Å². The molecule has 0 fully saturated rings. The van der Waals surface area contributed by atoms with Crippen LogP contribution in [0.2, 0.25) is 0 Å². The zero-order valence-corrected chi connectivity index (χ0v) is 19.9. The first kappa shape index (κ1) is 20.1. The fourth-order valence-corrected chi connectivity index (χ4v) is 4.90. The minimum Gasteiger partial charge on any atom is -0.309 e. The SMILES string of the molecule is Cc1ccc2c(c1)c1c(n2-c2cc(C(C)(C)C)cc(C(C)(C)C)c2)-c2ccccc2C1. The van der Waals surface area contributed by atoms with Crippen molar-refractivity contribution in [2.24, 2.45) is 0 Å². The third-order valence-electron chi connectivity index (χ3n) is 6.78. The average Bonchev–Trinajstić information content (AvgIpc) is 3.21. The number of hydrogen-bond donors (Lipinski definition) is 0. The van der Waals surface area contributed by atoms with Crippen LogP contribution in [0, 0.1) is 6.92 Å². The number of aryl methyl sites for hydroxylation is 1. The predicted octanol–water partition coefficient (Wildman–Crippen LogP) is 8.11. The lowest BCUT2D eigenvalue weighted by molar-refractivity contribution is 0.568. The van der Waals surface area contributed by atoms with Crippen LogP contribution in [0.25, 0.3) is 27.8 Å². The van der Waals surface area contributed by atoms with E-state index in [4.69, 9.17) is 0 Å². The van der Waals surface area contributed by atoms with Gasteiger partial charge in [0, 0.05) is 23.1 Å². The van der Waals surface area contributed by atoms with Crippen LogP contribution in [0.4, 0.5) is 0 Å². The Morgan fingerprint density at radius 3 is 2.03 bits per heavy atom. The van der Waals surface area contributed by atoms with Crippen LogP contribution in [-0.4, -0.2) is 4.57 Å². The van der Waals surface area contributed by atoms with Crippen molar-refractivity contribution in [2.75, 3.05) is 0 Å². The number of nitrogens with zero attached hydrogens (tertiary/aromatic N) is 1. The van der Waals surface area contributed by atoms with Gasteiger partial charge < -0.3 is 4.57 Å². The van der Waals surface area contributed by atoms with E-state index in [-0.39, 0.29) is 10.8 Å². The summed E-state index contributed by atoms with van der Waals surface area (Å²) < 4.78 is 2.53. The molecule has 1 aliphatic carbocycles. The van der Waals surface area contributed by atoms with Crippen molar-refractivity contribution in [3.63, 3.8) is 0 Å².